The Bertz CT molecular complexity index is 315. The van der Waals surface area contributed by atoms with Gasteiger partial charge in [-0.15, -0.1) is 0 Å². The van der Waals surface area contributed by atoms with Crippen LogP contribution in [-0.2, 0) is 9.59 Å². The Balaban J connectivity index is 2.55. The van der Waals surface area contributed by atoms with Crippen LogP contribution in [-0.4, -0.2) is 42.0 Å². The first-order valence-electron chi connectivity index (χ1n) is 5.34. The van der Waals surface area contributed by atoms with E-state index in [9.17, 15) is 22.8 Å². The van der Waals surface area contributed by atoms with Gasteiger partial charge in [-0.1, -0.05) is 0 Å². The van der Waals surface area contributed by atoms with Gasteiger partial charge in [0.1, 0.15) is 6.54 Å². The van der Waals surface area contributed by atoms with Crippen LogP contribution in [0.2, 0.25) is 0 Å². The lowest BCUT2D eigenvalue weighted by atomic mass is 10.1. The normalized spacial score (nSPS) is 21.2. The first-order chi connectivity index (χ1) is 7.69. The first kappa shape index (κ1) is 13.8. The van der Waals surface area contributed by atoms with Gasteiger partial charge >= 0.3 is 6.18 Å². The number of carbonyl (C=O) groups is 2. The number of nitrogens with one attached hydrogen (secondary N) is 1. The van der Waals surface area contributed by atoms with E-state index in [1.807, 2.05) is 0 Å². The fourth-order valence-corrected chi connectivity index (χ4v) is 1.72. The van der Waals surface area contributed by atoms with Crippen molar-refractivity contribution in [3.8, 4) is 0 Å². The molecule has 0 aromatic heterocycles. The Labute approximate surface area is 97.1 Å². The molecule has 0 aromatic carbocycles. The average molecular weight is 252 g/mol. The van der Waals surface area contributed by atoms with Gasteiger partial charge in [0.15, 0.2) is 0 Å². The lowest BCUT2D eigenvalue weighted by Gasteiger charge is -2.18. The summed E-state index contributed by atoms with van der Waals surface area (Å²) in [6.07, 6.45) is -4.56. The van der Waals surface area contributed by atoms with Crippen LogP contribution in [0.25, 0.3) is 0 Å². The van der Waals surface area contributed by atoms with Crippen molar-refractivity contribution in [2.45, 2.75) is 32.5 Å². The molecule has 1 heterocycles. The second kappa shape index (κ2) is 4.93. The van der Waals surface area contributed by atoms with E-state index in [1.165, 1.54) is 0 Å². The molecule has 0 aromatic rings. The molecule has 1 fully saturated rings. The predicted octanol–water partition coefficient (Wildman–Crippen LogP) is 0.922. The van der Waals surface area contributed by atoms with E-state index >= 15 is 0 Å². The number of hydrogen-bond acceptors (Lipinski definition) is 2. The summed E-state index contributed by atoms with van der Waals surface area (Å²) in [6.45, 7) is 2.07. The van der Waals surface area contributed by atoms with E-state index in [0.29, 0.717) is 4.90 Å². The van der Waals surface area contributed by atoms with Gasteiger partial charge in [0, 0.05) is 19.0 Å². The largest absolute Gasteiger partial charge is 0.406 e. The second-order valence-electron chi connectivity index (χ2n) is 4.45. The predicted molar refractivity (Wildman–Crippen MR) is 54.0 cm³/mol. The maximum absolute atomic E-state index is 12.1. The summed E-state index contributed by atoms with van der Waals surface area (Å²) in [7, 11) is 0. The fourth-order valence-electron chi connectivity index (χ4n) is 1.72. The Kier molecular flexibility index (Phi) is 4.00. The molecule has 4 nitrogen and oxygen atoms in total. The van der Waals surface area contributed by atoms with Crippen molar-refractivity contribution >= 4 is 11.8 Å². The highest BCUT2D eigenvalue weighted by Crippen LogP contribution is 2.23. The maximum Gasteiger partial charge on any atom is 0.406 e. The monoisotopic (exact) mass is 252 g/mol. The molecule has 0 unspecified atom stereocenters. The number of hydrogen-bond donors (Lipinski definition) is 1. The van der Waals surface area contributed by atoms with E-state index in [0.717, 1.165) is 0 Å². The standard InChI is InChI=1S/C10H15F3N2O2/c1-6(2)14-9(17)7-3-8(16)15(4-7)5-10(11,12)13/h6-7H,3-5H2,1-2H3,(H,14,17)/t7-/m0/s1. The molecule has 2 amide bonds. The van der Waals surface area contributed by atoms with Gasteiger partial charge in [-0.05, 0) is 13.8 Å². The van der Waals surface area contributed by atoms with E-state index < -0.39 is 24.5 Å². The zero-order valence-electron chi connectivity index (χ0n) is 9.67. The van der Waals surface area contributed by atoms with Crippen LogP contribution < -0.4 is 5.32 Å². The minimum Gasteiger partial charge on any atom is -0.354 e. The number of rotatable bonds is 3. The Morgan fingerprint density at radius 3 is 2.59 bits per heavy atom. The second-order valence-corrected chi connectivity index (χ2v) is 4.45. The van der Waals surface area contributed by atoms with Crippen molar-refractivity contribution in [3.05, 3.63) is 0 Å². The van der Waals surface area contributed by atoms with Crippen molar-refractivity contribution in [3.63, 3.8) is 0 Å². The van der Waals surface area contributed by atoms with Gasteiger partial charge in [-0.25, -0.2) is 0 Å². The van der Waals surface area contributed by atoms with Gasteiger partial charge in [0.25, 0.3) is 0 Å². The van der Waals surface area contributed by atoms with Crippen LogP contribution in [0.15, 0.2) is 0 Å². The summed E-state index contributed by atoms with van der Waals surface area (Å²) in [5.74, 6) is -1.66. The topological polar surface area (TPSA) is 49.4 Å². The highest BCUT2D eigenvalue weighted by Gasteiger charge is 2.40. The summed E-state index contributed by atoms with van der Waals surface area (Å²) in [5.41, 5.74) is 0. The molecule has 0 aliphatic carbocycles. The quantitative estimate of drug-likeness (QED) is 0.812. The molecule has 0 bridgehead atoms. The molecule has 17 heavy (non-hydrogen) atoms. The lowest BCUT2D eigenvalue weighted by Crippen LogP contribution is -2.38. The average Bonchev–Trinajstić information content (AvgIpc) is 2.44. The molecule has 0 radical (unpaired) electrons. The third-order valence-electron chi connectivity index (χ3n) is 2.39. The molecule has 1 N–H and O–H groups in total. The molecule has 1 saturated heterocycles. The van der Waals surface area contributed by atoms with Crippen LogP contribution in [0.3, 0.4) is 0 Å². The highest BCUT2D eigenvalue weighted by atomic mass is 19.4. The summed E-state index contributed by atoms with van der Waals surface area (Å²) >= 11 is 0. The SMILES string of the molecule is CC(C)NC(=O)[C@H]1CC(=O)N(CC(F)(F)F)C1. The summed E-state index contributed by atoms with van der Waals surface area (Å²) < 4.78 is 36.4. The zero-order valence-corrected chi connectivity index (χ0v) is 9.67. The van der Waals surface area contributed by atoms with Crippen LogP contribution in [0, 0.1) is 5.92 Å². The lowest BCUT2D eigenvalue weighted by molar-refractivity contribution is -0.157. The molecule has 7 heteroatoms. The summed E-state index contributed by atoms with van der Waals surface area (Å²) in [6, 6.07) is -0.0886. The van der Waals surface area contributed by atoms with Crippen molar-refractivity contribution in [2.24, 2.45) is 5.92 Å². The molecule has 0 spiro atoms. The molecule has 0 saturated carbocycles. The third-order valence-corrected chi connectivity index (χ3v) is 2.39. The van der Waals surface area contributed by atoms with Gasteiger partial charge in [0.05, 0.1) is 5.92 Å². The fraction of sp³-hybridized carbons (Fsp3) is 0.800. The van der Waals surface area contributed by atoms with Crippen LogP contribution in [0.4, 0.5) is 13.2 Å². The zero-order chi connectivity index (χ0) is 13.2. The molecule has 1 rings (SSSR count). The minimum atomic E-state index is -4.42. The molecule has 1 atom stereocenters. The summed E-state index contributed by atoms with van der Waals surface area (Å²) in [4.78, 5) is 23.5. The van der Waals surface area contributed by atoms with Gasteiger partial charge in [-0.3, -0.25) is 9.59 Å². The van der Waals surface area contributed by atoms with Crippen LogP contribution in [0.1, 0.15) is 20.3 Å². The molecule has 1 aliphatic heterocycles. The van der Waals surface area contributed by atoms with Gasteiger partial charge < -0.3 is 10.2 Å². The van der Waals surface area contributed by atoms with Crippen molar-refractivity contribution in [1.82, 2.24) is 10.2 Å². The highest BCUT2D eigenvalue weighted by molar-refractivity contribution is 5.89. The number of halogens is 3. The number of nitrogens with zero attached hydrogens (tertiary/aromatic N) is 1. The third kappa shape index (κ3) is 4.24. The molecular weight excluding hydrogens is 237 g/mol. The number of likely N-dealkylation sites (tertiary alicyclic amines) is 1. The number of carbonyl (C=O) groups excluding carboxylic acids is 2. The smallest absolute Gasteiger partial charge is 0.354 e. The van der Waals surface area contributed by atoms with Gasteiger partial charge in [0.2, 0.25) is 11.8 Å². The number of amides is 2. The van der Waals surface area contributed by atoms with Crippen LogP contribution in [0.5, 0.6) is 0 Å². The summed E-state index contributed by atoms with van der Waals surface area (Å²) in [5, 5.41) is 2.59. The first-order valence-corrected chi connectivity index (χ1v) is 5.34. The molecule has 1 aliphatic rings. The van der Waals surface area contributed by atoms with E-state index in [-0.39, 0.29) is 24.9 Å². The molecule has 98 valence electrons. The van der Waals surface area contributed by atoms with Crippen molar-refractivity contribution in [1.29, 1.82) is 0 Å². The van der Waals surface area contributed by atoms with Crippen molar-refractivity contribution < 1.29 is 22.8 Å². The minimum absolute atomic E-state index is 0.0886. The van der Waals surface area contributed by atoms with E-state index in [4.69, 9.17) is 0 Å². The Hall–Kier alpha value is -1.27. The number of alkyl halides is 3. The van der Waals surface area contributed by atoms with Crippen molar-refractivity contribution in [2.75, 3.05) is 13.1 Å². The van der Waals surface area contributed by atoms with E-state index in [2.05, 4.69) is 5.32 Å². The molecular formula is C10H15F3N2O2. The maximum atomic E-state index is 12.1. The Morgan fingerprint density at radius 2 is 2.12 bits per heavy atom. The van der Waals surface area contributed by atoms with Gasteiger partial charge in [-0.2, -0.15) is 13.2 Å². The van der Waals surface area contributed by atoms with E-state index in [1.54, 1.807) is 13.8 Å². The van der Waals surface area contributed by atoms with Crippen LogP contribution >= 0.6 is 0 Å². The Morgan fingerprint density at radius 1 is 1.53 bits per heavy atom.